The van der Waals surface area contributed by atoms with Gasteiger partial charge in [0.2, 0.25) is 0 Å². The molecule has 0 N–H and O–H groups in total. The van der Waals surface area contributed by atoms with E-state index in [4.69, 9.17) is 0 Å². The van der Waals surface area contributed by atoms with Gasteiger partial charge < -0.3 is 4.84 Å². The Morgan fingerprint density at radius 2 is 1.67 bits per heavy atom. The molecule has 2 amide bonds. The lowest BCUT2D eigenvalue weighted by atomic mass is 10.1. The van der Waals surface area contributed by atoms with Gasteiger partial charge in [-0.2, -0.15) is 18.3 Å². The van der Waals surface area contributed by atoms with Gasteiger partial charge in [0.1, 0.15) is 5.69 Å². The lowest BCUT2D eigenvalue weighted by molar-refractivity contribution is -0.141. The molecule has 1 aliphatic rings. The molecule has 0 bridgehead atoms. The molecule has 0 aliphatic carbocycles. The fourth-order valence-corrected chi connectivity index (χ4v) is 2.18. The van der Waals surface area contributed by atoms with E-state index < -0.39 is 35.3 Å². The number of aromatic nitrogens is 2. The molecular weight excluding hydrogens is 331 g/mol. The fraction of sp³-hybridized carbons (Fsp3) is 0.143. The first-order valence-electron chi connectivity index (χ1n) is 6.51. The van der Waals surface area contributed by atoms with Crippen LogP contribution in [-0.4, -0.2) is 32.6 Å². The van der Waals surface area contributed by atoms with Crippen LogP contribution in [0.5, 0.6) is 0 Å². The van der Waals surface area contributed by atoms with Crippen LogP contribution in [0.3, 0.4) is 0 Å². The number of alkyl halides is 3. The first kappa shape index (κ1) is 15.7. The highest BCUT2D eigenvalue weighted by Gasteiger charge is 2.40. The second-order valence-electron chi connectivity index (χ2n) is 4.87. The number of aryl methyl sites for hydroxylation is 1. The number of hydrogen-bond acceptors (Lipinski definition) is 5. The third-order valence-corrected chi connectivity index (χ3v) is 3.31. The molecule has 124 valence electrons. The van der Waals surface area contributed by atoms with Crippen molar-refractivity contribution in [2.24, 2.45) is 7.05 Å². The van der Waals surface area contributed by atoms with Gasteiger partial charge in [-0.15, -0.1) is 0 Å². The monoisotopic (exact) mass is 339 g/mol. The van der Waals surface area contributed by atoms with Gasteiger partial charge in [-0.1, -0.05) is 17.2 Å². The van der Waals surface area contributed by atoms with E-state index in [0.717, 1.165) is 7.05 Å². The fourth-order valence-electron chi connectivity index (χ4n) is 2.18. The largest absolute Gasteiger partial charge is 0.435 e. The quantitative estimate of drug-likeness (QED) is 0.780. The number of imide groups is 1. The standard InChI is InChI=1S/C14H8F3N3O4/c1-19-9(6-10(18-19)14(15,16)17)13(23)24-20-11(21)7-4-2-3-5-8(7)12(20)22/h2-6H,1H3. The molecule has 7 nitrogen and oxygen atoms in total. The average Bonchev–Trinajstić information content (AvgIpc) is 3.02. The van der Waals surface area contributed by atoms with Crippen LogP contribution in [0.2, 0.25) is 0 Å². The number of rotatable bonds is 2. The van der Waals surface area contributed by atoms with Gasteiger partial charge in [0, 0.05) is 13.1 Å². The number of hydrogen-bond donors (Lipinski definition) is 0. The third kappa shape index (κ3) is 2.41. The number of fused-ring (bicyclic) bond motifs is 1. The van der Waals surface area contributed by atoms with E-state index in [2.05, 4.69) is 9.94 Å². The number of halogens is 3. The predicted molar refractivity (Wildman–Crippen MR) is 70.6 cm³/mol. The minimum Gasteiger partial charge on any atom is -0.323 e. The maximum Gasteiger partial charge on any atom is 0.435 e. The molecule has 2 aromatic rings. The Morgan fingerprint density at radius 3 is 2.12 bits per heavy atom. The normalized spacial score (nSPS) is 14.1. The molecule has 10 heteroatoms. The van der Waals surface area contributed by atoms with Crippen molar-refractivity contribution in [3.63, 3.8) is 0 Å². The summed E-state index contributed by atoms with van der Waals surface area (Å²) < 4.78 is 38.5. The summed E-state index contributed by atoms with van der Waals surface area (Å²) in [6.45, 7) is 0. The second-order valence-corrected chi connectivity index (χ2v) is 4.87. The van der Waals surface area contributed by atoms with Crippen LogP contribution in [0.25, 0.3) is 0 Å². The maximum atomic E-state index is 12.6. The van der Waals surface area contributed by atoms with E-state index in [-0.39, 0.29) is 16.2 Å². The van der Waals surface area contributed by atoms with Gasteiger partial charge in [-0.05, 0) is 12.1 Å². The Bertz CT molecular complexity index is 837. The highest BCUT2D eigenvalue weighted by molar-refractivity contribution is 6.21. The third-order valence-electron chi connectivity index (χ3n) is 3.31. The van der Waals surface area contributed by atoms with Gasteiger partial charge >= 0.3 is 12.1 Å². The molecule has 0 atom stereocenters. The summed E-state index contributed by atoms with van der Waals surface area (Å²) in [5.41, 5.74) is -1.77. The molecule has 24 heavy (non-hydrogen) atoms. The molecule has 0 saturated carbocycles. The van der Waals surface area contributed by atoms with Crippen LogP contribution >= 0.6 is 0 Å². The van der Waals surface area contributed by atoms with Crippen molar-refractivity contribution in [1.29, 1.82) is 0 Å². The van der Waals surface area contributed by atoms with E-state index in [1.54, 1.807) is 0 Å². The Balaban J connectivity index is 1.86. The molecule has 0 spiro atoms. The zero-order valence-electron chi connectivity index (χ0n) is 12.0. The summed E-state index contributed by atoms with van der Waals surface area (Å²) in [4.78, 5) is 40.8. The lowest BCUT2D eigenvalue weighted by Gasteiger charge is -2.12. The molecule has 0 unspecified atom stereocenters. The Kier molecular flexibility index (Phi) is 3.39. The summed E-state index contributed by atoms with van der Waals surface area (Å²) in [7, 11) is 1.11. The van der Waals surface area contributed by atoms with E-state index >= 15 is 0 Å². The zero-order chi connectivity index (χ0) is 17.6. The molecule has 1 aliphatic heterocycles. The van der Waals surface area contributed by atoms with Crippen LogP contribution in [0.1, 0.15) is 36.9 Å². The summed E-state index contributed by atoms with van der Waals surface area (Å²) in [5.74, 6) is -3.06. The lowest BCUT2D eigenvalue weighted by Crippen LogP contribution is -2.33. The second kappa shape index (κ2) is 5.18. The van der Waals surface area contributed by atoms with Crippen molar-refractivity contribution in [3.05, 3.63) is 52.8 Å². The van der Waals surface area contributed by atoms with E-state index in [1.165, 1.54) is 24.3 Å². The van der Waals surface area contributed by atoms with Crippen LogP contribution < -0.4 is 0 Å². The summed E-state index contributed by atoms with van der Waals surface area (Å²) in [5, 5.41) is 3.37. The van der Waals surface area contributed by atoms with Crippen molar-refractivity contribution in [3.8, 4) is 0 Å². The van der Waals surface area contributed by atoms with Crippen LogP contribution in [-0.2, 0) is 18.1 Å². The van der Waals surface area contributed by atoms with E-state index in [9.17, 15) is 27.6 Å². The molecule has 0 saturated heterocycles. The summed E-state index contributed by atoms with van der Waals surface area (Å²) >= 11 is 0. The smallest absolute Gasteiger partial charge is 0.323 e. The van der Waals surface area contributed by atoms with Gasteiger partial charge in [0.05, 0.1) is 11.1 Å². The van der Waals surface area contributed by atoms with Crippen molar-refractivity contribution >= 4 is 17.8 Å². The van der Waals surface area contributed by atoms with Crippen LogP contribution in [0, 0.1) is 0 Å². The average molecular weight is 339 g/mol. The van der Waals surface area contributed by atoms with Crippen molar-refractivity contribution in [1.82, 2.24) is 14.8 Å². The molecule has 2 heterocycles. The van der Waals surface area contributed by atoms with E-state index in [1.807, 2.05) is 0 Å². The van der Waals surface area contributed by atoms with Gasteiger partial charge in [0.15, 0.2) is 5.69 Å². The summed E-state index contributed by atoms with van der Waals surface area (Å²) in [6.07, 6.45) is -4.74. The first-order chi connectivity index (χ1) is 11.2. The highest BCUT2D eigenvalue weighted by Crippen LogP contribution is 2.29. The molecule has 0 radical (unpaired) electrons. The molecular formula is C14H8F3N3O4. The van der Waals surface area contributed by atoms with Crippen molar-refractivity contribution < 1.29 is 32.4 Å². The number of nitrogens with zero attached hydrogens (tertiary/aromatic N) is 3. The minimum atomic E-state index is -4.74. The zero-order valence-corrected chi connectivity index (χ0v) is 12.0. The molecule has 1 aromatic carbocycles. The number of amides is 2. The SMILES string of the molecule is Cn1nc(C(F)(F)F)cc1C(=O)ON1C(=O)c2ccccc2C1=O. The van der Waals surface area contributed by atoms with Crippen LogP contribution in [0.15, 0.2) is 30.3 Å². The maximum absolute atomic E-state index is 12.6. The Morgan fingerprint density at radius 1 is 1.12 bits per heavy atom. The highest BCUT2D eigenvalue weighted by atomic mass is 19.4. The molecule has 3 rings (SSSR count). The van der Waals surface area contributed by atoms with Crippen molar-refractivity contribution in [2.75, 3.05) is 0 Å². The number of benzene rings is 1. The number of carbonyl (C=O) groups excluding carboxylic acids is 3. The number of carbonyl (C=O) groups is 3. The first-order valence-corrected chi connectivity index (χ1v) is 6.51. The Labute approximate surface area is 132 Å². The van der Waals surface area contributed by atoms with Crippen molar-refractivity contribution in [2.45, 2.75) is 6.18 Å². The van der Waals surface area contributed by atoms with Gasteiger partial charge in [-0.3, -0.25) is 14.3 Å². The molecule has 1 aromatic heterocycles. The Hall–Kier alpha value is -3.17. The van der Waals surface area contributed by atoms with E-state index in [0.29, 0.717) is 10.7 Å². The van der Waals surface area contributed by atoms with Gasteiger partial charge in [0.25, 0.3) is 11.8 Å². The number of hydroxylamine groups is 2. The molecule has 0 fully saturated rings. The predicted octanol–water partition coefficient (Wildman–Crippen LogP) is 1.81. The van der Waals surface area contributed by atoms with Crippen LogP contribution in [0.4, 0.5) is 13.2 Å². The van der Waals surface area contributed by atoms with Gasteiger partial charge in [-0.25, -0.2) is 4.79 Å². The minimum absolute atomic E-state index is 0.0382. The topological polar surface area (TPSA) is 81.5 Å². The summed E-state index contributed by atoms with van der Waals surface area (Å²) in [6, 6.07) is 6.25.